The Morgan fingerprint density at radius 1 is 1.58 bits per heavy atom. The molecule has 2 aromatic rings. The molecule has 0 fully saturated rings. The normalized spacial score (nSPS) is 11.6. The Labute approximate surface area is 74.0 Å². The van der Waals surface area contributed by atoms with Crippen molar-refractivity contribution < 1.29 is 0 Å². The summed E-state index contributed by atoms with van der Waals surface area (Å²) in [6, 6.07) is 0. The van der Waals surface area contributed by atoms with Gasteiger partial charge in [0, 0.05) is 0 Å². The van der Waals surface area contributed by atoms with E-state index < -0.39 is 0 Å². The summed E-state index contributed by atoms with van der Waals surface area (Å²) in [6.07, 6.45) is 0. The summed E-state index contributed by atoms with van der Waals surface area (Å²) >= 11 is 1.50. The van der Waals surface area contributed by atoms with Crippen molar-refractivity contribution >= 4 is 22.1 Å². The minimum absolute atomic E-state index is 0.360. The number of hydrogen-bond donors (Lipinski definition) is 1. The van der Waals surface area contributed by atoms with Crippen molar-refractivity contribution in [3.63, 3.8) is 0 Å². The molecule has 4 nitrogen and oxygen atoms in total. The van der Waals surface area contributed by atoms with Crippen LogP contribution in [-0.2, 0) is 0 Å². The lowest BCUT2D eigenvalue weighted by molar-refractivity contribution is 0.835. The van der Waals surface area contributed by atoms with Crippen molar-refractivity contribution in [2.75, 3.05) is 5.73 Å². The van der Waals surface area contributed by atoms with Gasteiger partial charge in [0.25, 0.3) is 0 Å². The Morgan fingerprint density at radius 2 is 2.33 bits per heavy atom. The highest BCUT2D eigenvalue weighted by atomic mass is 32.1. The molecule has 0 saturated carbocycles. The number of hydrogen-bond acceptors (Lipinski definition) is 4. The van der Waals surface area contributed by atoms with E-state index in [1.807, 2.05) is 0 Å². The number of imidazole rings is 1. The van der Waals surface area contributed by atoms with Crippen molar-refractivity contribution in [3.05, 3.63) is 11.2 Å². The van der Waals surface area contributed by atoms with Crippen LogP contribution in [0.1, 0.15) is 25.5 Å². The second-order valence-corrected chi connectivity index (χ2v) is 3.78. The Bertz CT molecular complexity index is 400. The van der Waals surface area contributed by atoms with Crippen LogP contribution in [0.5, 0.6) is 0 Å². The van der Waals surface area contributed by atoms with E-state index in [1.165, 1.54) is 11.3 Å². The molecule has 2 rings (SSSR count). The predicted molar refractivity (Wildman–Crippen MR) is 49.4 cm³/mol. The quantitative estimate of drug-likeness (QED) is 0.727. The van der Waals surface area contributed by atoms with Gasteiger partial charge in [-0.3, -0.25) is 0 Å². The summed E-state index contributed by atoms with van der Waals surface area (Å²) < 4.78 is 1.68. The highest BCUT2D eigenvalue weighted by Crippen LogP contribution is 2.23. The monoisotopic (exact) mass is 182 g/mol. The maximum Gasteiger partial charge on any atom is 0.214 e. The first-order valence-electron chi connectivity index (χ1n) is 3.77. The molecule has 2 heterocycles. The lowest BCUT2D eigenvalue weighted by Gasteiger charge is -1.99. The Morgan fingerprint density at radius 3 is 2.92 bits per heavy atom. The summed E-state index contributed by atoms with van der Waals surface area (Å²) in [4.78, 5) is 5.24. The SMILES string of the molecule is CC(C)c1nc2scnn2c1N. The first-order chi connectivity index (χ1) is 5.70. The van der Waals surface area contributed by atoms with Gasteiger partial charge >= 0.3 is 0 Å². The Balaban J connectivity index is 2.70. The van der Waals surface area contributed by atoms with Crippen LogP contribution in [0.25, 0.3) is 4.96 Å². The maximum atomic E-state index is 5.83. The maximum absolute atomic E-state index is 5.83. The van der Waals surface area contributed by atoms with Gasteiger partial charge in [-0.25, -0.2) is 4.98 Å². The molecule has 2 aromatic heterocycles. The zero-order valence-corrected chi connectivity index (χ0v) is 7.80. The third-order valence-corrected chi connectivity index (χ3v) is 2.43. The van der Waals surface area contributed by atoms with Crippen molar-refractivity contribution in [2.45, 2.75) is 19.8 Å². The molecule has 64 valence electrons. The molecule has 0 saturated heterocycles. The second-order valence-electron chi connectivity index (χ2n) is 2.97. The summed E-state index contributed by atoms with van der Waals surface area (Å²) in [5.74, 6) is 1.03. The minimum Gasteiger partial charge on any atom is -0.382 e. The number of anilines is 1. The number of fused-ring (bicyclic) bond motifs is 1. The lowest BCUT2D eigenvalue weighted by atomic mass is 10.1. The summed E-state index contributed by atoms with van der Waals surface area (Å²) in [6.45, 7) is 4.14. The smallest absolute Gasteiger partial charge is 0.214 e. The molecule has 0 aliphatic heterocycles. The van der Waals surface area contributed by atoms with Gasteiger partial charge in [0.05, 0.1) is 5.69 Å². The molecular formula is C7H10N4S. The van der Waals surface area contributed by atoms with Crippen molar-refractivity contribution in [2.24, 2.45) is 0 Å². The van der Waals surface area contributed by atoms with Crippen LogP contribution in [0.2, 0.25) is 0 Å². The third-order valence-electron chi connectivity index (χ3n) is 1.76. The van der Waals surface area contributed by atoms with Crippen LogP contribution < -0.4 is 5.73 Å². The molecule has 12 heavy (non-hydrogen) atoms. The van der Waals surface area contributed by atoms with E-state index in [2.05, 4.69) is 23.9 Å². The molecule has 0 aliphatic rings. The topological polar surface area (TPSA) is 56.2 Å². The highest BCUT2D eigenvalue weighted by Gasteiger charge is 2.13. The molecule has 0 atom stereocenters. The average molecular weight is 182 g/mol. The molecular weight excluding hydrogens is 172 g/mol. The zero-order valence-electron chi connectivity index (χ0n) is 6.98. The highest BCUT2D eigenvalue weighted by molar-refractivity contribution is 7.14. The van der Waals surface area contributed by atoms with Crippen LogP contribution in [0.15, 0.2) is 5.51 Å². The lowest BCUT2D eigenvalue weighted by Crippen LogP contribution is -1.98. The largest absolute Gasteiger partial charge is 0.382 e. The fraction of sp³-hybridized carbons (Fsp3) is 0.429. The molecule has 0 radical (unpaired) electrons. The van der Waals surface area contributed by atoms with Gasteiger partial charge < -0.3 is 5.73 Å². The first-order valence-corrected chi connectivity index (χ1v) is 4.65. The fourth-order valence-electron chi connectivity index (χ4n) is 1.15. The Hall–Kier alpha value is -1.10. The van der Waals surface area contributed by atoms with E-state index in [1.54, 1.807) is 10.0 Å². The van der Waals surface area contributed by atoms with E-state index in [0.29, 0.717) is 11.7 Å². The van der Waals surface area contributed by atoms with Crippen molar-refractivity contribution in [1.82, 2.24) is 14.6 Å². The summed E-state index contributed by atoms with van der Waals surface area (Å²) in [5.41, 5.74) is 8.51. The van der Waals surface area contributed by atoms with Gasteiger partial charge in [0.2, 0.25) is 4.96 Å². The molecule has 0 bridgehead atoms. The summed E-state index contributed by atoms with van der Waals surface area (Å²) in [5, 5.41) is 4.07. The van der Waals surface area contributed by atoms with E-state index in [9.17, 15) is 0 Å². The first kappa shape index (κ1) is 7.54. The predicted octanol–water partition coefficient (Wildman–Crippen LogP) is 1.50. The zero-order chi connectivity index (χ0) is 8.72. The van der Waals surface area contributed by atoms with Gasteiger partial charge in [-0.05, 0) is 5.92 Å². The van der Waals surface area contributed by atoms with E-state index in [0.717, 1.165) is 10.7 Å². The number of nitrogens with zero attached hydrogens (tertiary/aromatic N) is 3. The molecule has 0 aromatic carbocycles. The minimum atomic E-state index is 0.360. The van der Waals surface area contributed by atoms with Crippen molar-refractivity contribution in [1.29, 1.82) is 0 Å². The second kappa shape index (κ2) is 2.45. The number of aromatic nitrogens is 3. The molecule has 0 spiro atoms. The Kier molecular flexibility index (Phi) is 1.54. The molecule has 0 amide bonds. The van der Waals surface area contributed by atoms with Crippen LogP contribution >= 0.6 is 11.3 Å². The van der Waals surface area contributed by atoms with Gasteiger partial charge in [-0.2, -0.15) is 9.61 Å². The van der Waals surface area contributed by atoms with Crippen LogP contribution in [0.4, 0.5) is 5.82 Å². The van der Waals surface area contributed by atoms with Crippen LogP contribution in [0.3, 0.4) is 0 Å². The van der Waals surface area contributed by atoms with E-state index in [4.69, 9.17) is 5.73 Å². The molecule has 5 heteroatoms. The summed E-state index contributed by atoms with van der Waals surface area (Å²) in [7, 11) is 0. The molecule has 0 unspecified atom stereocenters. The van der Waals surface area contributed by atoms with Crippen LogP contribution in [0, 0.1) is 0 Å². The standard InChI is InChI=1S/C7H10N4S/c1-4(2)5-6(8)11-7(10-5)12-3-9-11/h3-4H,8H2,1-2H3. The van der Waals surface area contributed by atoms with Crippen molar-refractivity contribution in [3.8, 4) is 0 Å². The number of rotatable bonds is 1. The van der Waals surface area contributed by atoms with Gasteiger partial charge in [0.15, 0.2) is 0 Å². The fourth-order valence-corrected chi connectivity index (χ4v) is 1.78. The molecule has 2 N–H and O–H groups in total. The van der Waals surface area contributed by atoms with Crippen LogP contribution in [-0.4, -0.2) is 14.6 Å². The number of nitrogen functional groups attached to an aromatic ring is 1. The van der Waals surface area contributed by atoms with Gasteiger partial charge in [0.1, 0.15) is 11.3 Å². The number of nitrogens with two attached hydrogens (primary N) is 1. The van der Waals surface area contributed by atoms with Gasteiger partial charge in [-0.1, -0.05) is 25.2 Å². The molecule has 0 aliphatic carbocycles. The third kappa shape index (κ3) is 0.896. The van der Waals surface area contributed by atoms with E-state index in [-0.39, 0.29) is 0 Å². The van der Waals surface area contributed by atoms with E-state index >= 15 is 0 Å². The van der Waals surface area contributed by atoms with Gasteiger partial charge in [-0.15, -0.1) is 0 Å². The average Bonchev–Trinajstić information content (AvgIpc) is 2.53.